The Labute approximate surface area is 179 Å². The molecule has 31 heavy (non-hydrogen) atoms. The van der Waals surface area contributed by atoms with E-state index < -0.39 is 29.3 Å². The van der Waals surface area contributed by atoms with Gasteiger partial charge in [0, 0.05) is 24.6 Å². The predicted molar refractivity (Wildman–Crippen MR) is 112 cm³/mol. The normalized spacial score (nSPS) is 16.6. The van der Waals surface area contributed by atoms with E-state index in [2.05, 4.69) is 5.32 Å². The molecule has 0 radical (unpaired) electrons. The lowest BCUT2D eigenvalue weighted by Gasteiger charge is -2.17. The number of hydrogen-bond acceptors (Lipinski definition) is 6. The van der Waals surface area contributed by atoms with Crippen molar-refractivity contribution < 1.29 is 24.0 Å². The number of benzene rings is 2. The number of aryl methyl sites for hydroxylation is 1. The largest absolute Gasteiger partial charge is 0.455 e. The minimum Gasteiger partial charge on any atom is -0.455 e. The van der Waals surface area contributed by atoms with Crippen LogP contribution in [0.4, 0.5) is 11.4 Å². The summed E-state index contributed by atoms with van der Waals surface area (Å²) in [6, 6.07) is 13.6. The molecule has 9 heteroatoms. The zero-order chi connectivity index (χ0) is 22.5. The third-order valence-corrected chi connectivity index (χ3v) is 5.18. The maximum atomic E-state index is 12.4. The number of nitro groups is 1. The van der Waals surface area contributed by atoms with Gasteiger partial charge in [-0.2, -0.15) is 0 Å². The molecule has 0 saturated carbocycles. The van der Waals surface area contributed by atoms with Gasteiger partial charge in [0.2, 0.25) is 5.91 Å². The smallest absolute Gasteiger partial charge is 0.311 e. The van der Waals surface area contributed by atoms with E-state index in [0.29, 0.717) is 11.3 Å². The van der Waals surface area contributed by atoms with Crippen LogP contribution in [0.15, 0.2) is 48.5 Å². The summed E-state index contributed by atoms with van der Waals surface area (Å²) in [7, 11) is 0. The quantitative estimate of drug-likeness (QED) is 0.414. The Bertz CT molecular complexity index is 1010. The van der Waals surface area contributed by atoms with Crippen LogP contribution in [0.5, 0.6) is 0 Å². The third kappa shape index (κ3) is 5.25. The summed E-state index contributed by atoms with van der Waals surface area (Å²) in [6.45, 7) is 3.03. The molecule has 1 N–H and O–H groups in total. The average Bonchev–Trinajstić information content (AvgIpc) is 3.14. The number of nitrogens with zero attached hydrogens (tertiary/aromatic N) is 2. The molecule has 0 spiro atoms. The molecule has 0 bridgehead atoms. The van der Waals surface area contributed by atoms with Crippen LogP contribution < -0.4 is 10.2 Å². The van der Waals surface area contributed by atoms with Crippen LogP contribution in [0, 0.1) is 23.0 Å². The number of nitrogens with one attached hydrogen (secondary N) is 1. The number of anilines is 1. The lowest BCUT2D eigenvalue weighted by atomic mass is 10.1. The van der Waals surface area contributed by atoms with Crippen molar-refractivity contribution in [3.05, 3.63) is 69.8 Å². The average molecular weight is 425 g/mol. The summed E-state index contributed by atoms with van der Waals surface area (Å²) in [5, 5.41) is 13.9. The number of carbonyl (C=O) groups is 3. The zero-order valence-corrected chi connectivity index (χ0v) is 17.2. The molecular weight excluding hydrogens is 402 g/mol. The zero-order valence-electron chi connectivity index (χ0n) is 17.2. The van der Waals surface area contributed by atoms with Crippen LogP contribution in [0.2, 0.25) is 0 Å². The van der Waals surface area contributed by atoms with E-state index >= 15 is 0 Å². The van der Waals surface area contributed by atoms with E-state index in [4.69, 9.17) is 4.74 Å². The number of hydrogen-bond donors (Lipinski definition) is 1. The third-order valence-electron chi connectivity index (χ3n) is 5.18. The molecule has 2 aromatic rings. The van der Waals surface area contributed by atoms with Crippen LogP contribution in [0.1, 0.15) is 30.5 Å². The van der Waals surface area contributed by atoms with Crippen LogP contribution in [-0.4, -0.2) is 35.9 Å². The van der Waals surface area contributed by atoms with E-state index in [1.807, 2.05) is 37.3 Å². The minimum atomic E-state index is -0.743. The molecule has 2 amide bonds. The Morgan fingerprint density at radius 3 is 2.65 bits per heavy atom. The topological polar surface area (TPSA) is 119 Å². The first-order valence-electron chi connectivity index (χ1n) is 9.82. The van der Waals surface area contributed by atoms with E-state index in [0.717, 1.165) is 5.56 Å². The molecule has 1 heterocycles. The molecular formula is C22H23N3O6. The van der Waals surface area contributed by atoms with Gasteiger partial charge in [0.25, 0.3) is 11.6 Å². The van der Waals surface area contributed by atoms with Gasteiger partial charge in [-0.25, -0.2) is 0 Å². The van der Waals surface area contributed by atoms with Crippen LogP contribution in [0.3, 0.4) is 0 Å². The monoisotopic (exact) mass is 425 g/mol. The number of carbonyl (C=O) groups excluding carboxylic acids is 3. The first-order chi connectivity index (χ1) is 14.8. The number of rotatable bonds is 7. The van der Waals surface area contributed by atoms with Crippen molar-refractivity contribution in [3.8, 4) is 0 Å². The van der Waals surface area contributed by atoms with Gasteiger partial charge >= 0.3 is 5.97 Å². The molecule has 1 aliphatic heterocycles. The Hall–Kier alpha value is -3.75. The van der Waals surface area contributed by atoms with Crippen molar-refractivity contribution in [2.75, 3.05) is 18.1 Å². The fourth-order valence-electron chi connectivity index (χ4n) is 3.44. The van der Waals surface area contributed by atoms with Crippen LogP contribution in [0.25, 0.3) is 0 Å². The maximum absolute atomic E-state index is 12.4. The van der Waals surface area contributed by atoms with Crippen LogP contribution >= 0.6 is 0 Å². The highest BCUT2D eigenvalue weighted by molar-refractivity contribution is 6.00. The molecule has 3 rings (SSSR count). The summed E-state index contributed by atoms with van der Waals surface area (Å²) in [5.41, 5.74) is 1.66. The molecule has 9 nitrogen and oxygen atoms in total. The number of amides is 2. The molecule has 2 atom stereocenters. The molecule has 2 aromatic carbocycles. The summed E-state index contributed by atoms with van der Waals surface area (Å²) in [4.78, 5) is 48.8. The van der Waals surface area contributed by atoms with Gasteiger partial charge in [0.1, 0.15) is 0 Å². The highest BCUT2D eigenvalue weighted by atomic mass is 16.6. The summed E-state index contributed by atoms with van der Waals surface area (Å²) < 4.78 is 5.10. The summed E-state index contributed by atoms with van der Waals surface area (Å²) in [5.74, 6) is -2.17. The fourth-order valence-corrected chi connectivity index (χ4v) is 3.44. The van der Waals surface area contributed by atoms with Gasteiger partial charge in [0.05, 0.1) is 22.6 Å². The highest BCUT2D eigenvalue weighted by Crippen LogP contribution is 2.30. The van der Waals surface area contributed by atoms with Gasteiger partial charge in [0.15, 0.2) is 6.61 Å². The van der Waals surface area contributed by atoms with Crippen LogP contribution in [-0.2, 0) is 19.1 Å². The number of esters is 1. The SMILES string of the molecule is Cc1ccc(N2C[C@@H](C(=O)OCC(=O)N[C@H](C)c3ccccc3)CC2=O)cc1[N+](=O)[O-]. The van der Waals surface area contributed by atoms with Gasteiger partial charge < -0.3 is 15.0 Å². The Morgan fingerprint density at radius 2 is 1.97 bits per heavy atom. The van der Waals surface area contributed by atoms with Gasteiger partial charge in [-0.05, 0) is 25.5 Å². The molecule has 1 aliphatic rings. The lowest BCUT2D eigenvalue weighted by molar-refractivity contribution is -0.385. The summed E-state index contributed by atoms with van der Waals surface area (Å²) in [6.07, 6.45) is -0.0808. The van der Waals surface area contributed by atoms with Crippen molar-refractivity contribution in [1.82, 2.24) is 5.32 Å². The predicted octanol–water partition coefficient (Wildman–Crippen LogP) is 2.68. The van der Waals surface area contributed by atoms with Crippen molar-refractivity contribution in [3.63, 3.8) is 0 Å². The Kier molecular flexibility index (Phi) is 6.64. The molecule has 1 saturated heterocycles. The molecule has 0 unspecified atom stereocenters. The second kappa shape index (κ2) is 9.38. The standard InChI is InChI=1S/C22H23N3O6/c1-14-8-9-18(11-19(14)25(29)30)24-12-17(10-21(24)27)22(28)31-13-20(26)23-15(2)16-6-4-3-5-7-16/h3-9,11,15,17H,10,12-13H2,1-2H3,(H,23,26)/t15-,17+/m1/s1. The lowest BCUT2D eigenvalue weighted by Crippen LogP contribution is -2.32. The molecule has 1 fully saturated rings. The second-order valence-electron chi connectivity index (χ2n) is 7.44. The van der Waals surface area contributed by atoms with Gasteiger partial charge in [-0.3, -0.25) is 24.5 Å². The van der Waals surface area contributed by atoms with Crippen molar-refractivity contribution in [2.24, 2.45) is 5.92 Å². The van der Waals surface area contributed by atoms with E-state index in [1.165, 1.54) is 11.0 Å². The Morgan fingerprint density at radius 1 is 1.26 bits per heavy atom. The maximum Gasteiger partial charge on any atom is 0.311 e. The molecule has 162 valence electrons. The van der Waals surface area contributed by atoms with Crippen molar-refractivity contribution >= 4 is 29.2 Å². The molecule has 0 aromatic heterocycles. The highest BCUT2D eigenvalue weighted by Gasteiger charge is 2.37. The van der Waals surface area contributed by atoms with E-state index in [1.54, 1.807) is 19.1 Å². The second-order valence-corrected chi connectivity index (χ2v) is 7.44. The van der Waals surface area contributed by atoms with Crippen molar-refractivity contribution in [2.45, 2.75) is 26.3 Å². The molecule has 0 aliphatic carbocycles. The van der Waals surface area contributed by atoms with E-state index in [9.17, 15) is 24.5 Å². The van der Waals surface area contributed by atoms with Crippen molar-refractivity contribution in [1.29, 1.82) is 0 Å². The number of nitro benzene ring substituents is 1. The van der Waals surface area contributed by atoms with Gasteiger partial charge in [-0.15, -0.1) is 0 Å². The Balaban J connectivity index is 1.55. The minimum absolute atomic E-state index is 0.0416. The fraction of sp³-hybridized carbons (Fsp3) is 0.318. The first kappa shape index (κ1) is 21.9. The first-order valence-corrected chi connectivity index (χ1v) is 9.82. The van der Waals surface area contributed by atoms with E-state index in [-0.39, 0.29) is 30.6 Å². The summed E-state index contributed by atoms with van der Waals surface area (Å²) >= 11 is 0. The van der Waals surface area contributed by atoms with Gasteiger partial charge in [-0.1, -0.05) is 36.4 Å². The number of ether oxygens (including phenoxy) is 1.